The number of anilines is 1. The summed E-state index contributed by atoms with van der Waals surface area (Å²) in [4.78, 5) is 15.0. The lowest BCUT2D eigenvalue weighted by Crippen LogP contribution is -2.02. The molecule has 1 N–H and O–H groups in total. The molecule has 3 heterocycles. The fourth-order valence-electron chi connectivity index (χ4n) is 1.75. The van der Waals surface area contributed by atoms with Gasteiger partial charge in [-0.1, -0.05) is 6.92 Å². The molecule has 0 aromatic carbocycles. The smallest absolute Gasteiger partial charge is 0.225 e. The van der Waals surface area contributed by atoms with Gasteiger partial charge < -0.3 is 5.32 Å². The highest BCUT2D eigenvalue weighted by Gasteiger charge is 2.10. The van der Waals surface area contributed by atoms with Gasteiger partial charge in [-0.25, -0.2) is 15.0 Å². The summed E-state index contributed by atoms with van der Waals surface area (Å²) < 4.78 is 0. The maximum Gasteiger partial charge on any atom is 0.225 e. The molecule has 3 aromatic heterocycles. The van der Waals surface area contributed by atoms with Crippen LogP contribution in [0.4, 0.5) is 5.82 Å². The summed E-state index contributed by atoms with van der Waals surface area (Å²) >= 11 is 9.21. The van der Waals surface area contributed by atoms with Gasteiger partial charge >= 0.3 is 0 Å². The third kappa shape index (κ3) is 2.70. The minimum Gasteiger partial charge on any atom is -0.364 e. The van der Waals surface area contributed by atoms with Crippen LogP contribution in [0.15, 0.2) is 17.0 Å². The maximum atomic E-state index is 5.97. The van der Waals surface area contributed by atoms with Crippen molar-refractivity contribution in [1.29, 1.82) is 0 Å². The first-order chi connectivity index (χ1) is 9.26. The quantitative estimate of drug-likeness (QED) is 0.741. The zero-order chi connectivity index (χ0) is 13.2. The molecular weight excluding hydrogens is 300 g/mol. The van der Waals surface area contributed by atoms with E-state index >= 15 is 0 Å². The van der Waals surface area contributed by atoms with E-state index in [2.05, 4.69) is 33.3 Å². The molecule has 7 heteroatoms. The Morgan fingerprint density at radius 1 is 1.37 bits per heavy atom. The molecule has 0 amide bonds. The number of aryl methyl sites for hydroxylation is 1. The van der Waals surface area contributed by atoms with Crippen LogP contribution in [0.5, 0.6) is 0 Å². The van der Waals surface area contributed by atoms with E-state index in [9.17, 15) is 0 Å². The van der Waals surface area contributed by atoms with Crippen molar-refractivity contribution >= 4 is 50.3 Å². The van der Waals surface area contributed by atoms with Crippen molar-refractivity contribution in [2.45, 2.75) is 19.9 Å². The first-order valence-electron chi connectivity index (χ1n) is 5.83. The Morgan fingerprint density at radius 3 is 3.00 bits per heavy atom. The summed E-state index contributed by atoms with van der Waals surface area (Å²) in [5, 5.41) is 6.60. The topological polar surface area (TPSA) is 50.7 Å². The highest BCUT2D eigenvalue weighted by molar-refractivity contribution is 7.18. The standard InChI is InChI=1S/C12H11ClN4S2/c1-2-8-3-9-10(14-4-7-5-18-6-15-7)16-12(13)17-11(9)19-8/h3,5-6H,2,4H2,1H3,(H,14,16,17). The van der Waals surface area contributed by atoms with Gasteiger partial charge in [-0.05, 0) is 24.1 Å². The third-order valence-electron chi connectivity index (χ3n) is 2.69. The average Bonchev–Trinajstić information content (AvgIpc) is 3.04. The van der Waals surface area contributed by atoms with Crippen LogP contribution in [0.1, 0.15) is 17.5 Å². The van der Waals surface area contributed by atoms with E-state index in [1.807, 2.05) is 10.9 Å². The van der Waals surface area contributed by atoms with Crippen LogP contribution < -0.4 is 5.32 Å². The van der Waals surface area contributed by atoms with Gasteiger partial charge in [-0.15, -0.1) is 22.7 Å². The molecule has 0 fully saturated rings. The number of hydrogen-bond donors (Lipinski definition) is 1. The maximum absolute atomic E-state index is 5.97. The molecule has 3 rings (SSSR count). The number of nitrogens with one attached hydrogen (secondary N) is 1. The Hall–Kier alpha value is -1.24. The summed E-state index contributed by atoms with van der Waals surface area (Å²) in [5.74, 6) is 0.777. The Morgan fingerprint density at radius 2 is 2.26 bits per heavy atom. The van der Waals surface area contributed by atoms with Gasteiger partial charge in [0.15, 0.2) is 0 Å². The van der Waals surface area contributed by atoms with Crippen LogP contribution in [0.2, 0.25) is 5.28 Å². The summed E-state index contributed by atoms with van der Waals surface area (Å²) in [6.07, 6.45) is 0.990. The molecule has 0 aliphatic carbocycles. The number of hydrogen-bond acceptors (Lipinski definition) is 6. The van der Waals surface area contributed by atoms with Crippen LogP contribution in [0.3, 0.4) is 0 Å². The van der Waals surface area contributed by atoms with Crippen LogP contribution in [-0.4, -0.2) is 15.0 Å². The van der Waals surface area contributed by atoms with Crippen molar-refractivity contribution in [3.05, 3.63) is 32.8 Å². The lowest BCUT2D eigenvalue weighted by atomic mass is 10.3. The number of thiophene rings is 1. The number of thiazole rings is 1. The van der Waals surface area contributed by atoms with Crippen molar-refractivity contribution in [1.82, 2.24) is 15.0 Å². The van der Waals surface area contributed by atoms with Gasteiger partial charge in [0.25, 0.3) is 0 Å². The van der Waals surface area contributed by atoms with E-state index in [4.69, 9.17) is 11.6 Å². The fraction of sp³-hybridized carbons (Fsp3) is 0.250. The largest absolute Gasteiger partial charge is 0.364 e. The second kappa shape index (κ2) is 5.40. The van der Waals surface area contributed by atoms with Crippen LogP contribution >= 0.6 is 34.3 Å². The molecule has 0 radical (unpaired) electrons. The third-order valence-corrected chi connectivity index (χ3v) is 4.66. The predicted molar refractivity (Wildman–Crippen MR) is 81.2 cm³/mol. The Bertz CT molecular complexity index is 693. The first-order valence-corrected chi connectivity index (χ1v) is 7.97. The molecule has 0 atom stereocenters. The first kappa shape index (κ1) is 12.8. The normalized spacial score (nSPS) is 11.1. The number of rotatable bonds is 4. The fourth-order valence-corrected chi connectivity index (χ4v) is 3.50. The lowest BCUT2D eigenvalue weighted by Gasteiger charge is -2.05. The van der Waals surface area contributed by atoms with E-state index in [0.29, 0.717) is 6.54 Å². The molecule has 0 saturated heterocycles. The summed E-state index contributed by atoms with van der Waals surface area (Å²) in [6, 6.07) is 2.12. The van der Waals surface area contributed by atoms with E-state index < -0.39 is 0 Å². The van der Waals surface area contributed by atoms with Crippen LogP contribution in [0, 0.1) is 0 Å². The summed E-state index contributed by atoms with van der Waals surface area (Å²) in [6.45, 7) is 2.77. The van der Waals surface area contributed by atoms with Gasteiger partial charge in [-0.2, -0.15) is 0 Å². The summed E-state index contributed by atoms with van der Waals surface area (Å²) in [5.41, 5.74) is 2.82. The molecule has 0 saturated carbocycles. The second-order valence-corrected chi connectivity index (χ2v) is 6.13. The van der Waals surface area contributed by atoms with E-state index in [1.54, 1.807) is 22.7 Å². The zero-order valence-corrected chi connectivity index (χ0v) is 12.6. The number of nitrogens with zero attached hydrogens (tertiary/aromatic N) is 3. The monoisotopic (exact) mass is 310 g/mol. The molecule has 0 aliphatic heterocycles. The van der Waals surface area contributed by atoms with Gasteiger partial charge in [0.2, 0.25) is 5.28 Å². The SMILES string of the molecule is CCc1cc2c(NCc3cscn3)nc(Cl)nc2s1. The molecule has 98 valence electrons. The molecule has 19 heavy (non-hydrogen) atoms. The Labute approximate surface area is 123 Å². The van der Waals surface area contributed by atoms with Gasteiger partial charge in [0, 0.05) is 10.3 Å². The molecule has 3 aromatic rings. The van der Waals surface area contributed by atoms with Crippen molar-refractivity contribution in [2.75, 3.05) is 5.32 Å². The van der Waals surface area contributed by atoms with Gasteiger partial charge in [-0.3, -0.25) is 0 Å². The lowest BCUT2D eigenvalue weighted by molar-refractivity contribution is 1.05. The van der Waals surface area contributed by atoms with Gasteiger partial charge in [0.05, 0.1) is 23.1 Å². The molecule has 0 aliphatic rings. The average molecular weight is 311 g/mol. The minimum atomic E-state index is 0.276. The highest BCUT2D eigenvalue weighted by atomic mass is 35.5. The number of halogens is 1. The molecule has 0 unspecified atom stereocenters. The van der Waals surface area contributed by atoms with Crippen molar-refractivity contribution in [3.63, 3.8) is 0 Å². The Balaban J connectivity index is 1.94. The number of aromatic nitrogens is 3. The second-order valence-electron chi connectivity index (χ2n) is 3.96. The van der Waals surface area contributed by atoms with Gasteiger partial charge in [0.1, 0.15) is 10.6 Å². The van der Waals surface area contributed by atoms with Crippen molar-refractivity contribution < 1.29 is 0 Å². The highest BCUT2D eigenvalue weighted by Crippen LogP contribution is 2.30. The van der Waals surface area contributed by atoms with Crippen molar-refractivity contribution in [2.24, 2.45) is 0 Å². The molecular formula is C12H11ClN4S2. The minimum absolute atomic E-state index is 0.276. The van der Waals surface area contributed by atoms with E-state index in [-0.39, 0.29) is 5.28 Å². The Kier molecular flexibility index (Phi) is 3.63. The molecule has 4 nitrogen and oxygen atoms in total. The van der Waals surface area contributed by atoms with E-state index in [0.717, 1.165) is 28.1 Å². The van der Waals surface area contributed by atoms with E-state index in [1.165, 1.54) is 4.88 Å². The number of fused-ring (bicyclic) bond motifs is 1. The van der Waals surface area contributed by atoms with Crippen LogP contribution in [0.25, 0.3) is 10.2 Å². The van der Waals surface area contributed by atoms with Crippen molar-refractivity contribution in [3.8, 4) is 0 Å². The summed E-state index contributed by atoms with van der Waals surface area (Å²) in [7, 11) is 0. The molecule has 0 spiro atoms. The molecule has 0 bridgehead atoms. The zero-order valence-electron chi connectivity index (χ0n) is 10.2. The predicted octanol–water partition coefficient (Wildman–Crippen LogP) is 3.98. The van der Waals surface area contributed by atoms with Crippen LogP contribution in [-0.2, 0) is 13.0 Å².